The minimum atomic E-state index is -0.581. The third kappa shape index (κ3) is 2.78. The maximum Gasteiger partial charge on any atom is 0.131 e. The molecule has 2 aromatic rings. The van der Waals surface area contributed by atoms with E-state index in [1.165, 1.54) is 12.4 Å². The summed E-state index contributed by atoms with van der Waals surface area (Å²) in [5.74, 6) is 0.584. The van der Waals surface area contributed by atoms with E-state index in [0.29, 0.717) is 17.3 Å². The van der Waals surface area contributed by atoms with Gasteiger partial charge in [-0.15, -0.1) is 0 Å². The number of rotatable bonds is 3. The summed E-state index contributed by atoms with van der Waals surface area (Å²) in [7, 11) is 0. The van der Waals surface area contributed by atoms with Gasteiger partial charge in [0.15, 0.2) is 0 Å². The van der Waals surface area contributed by atoms with E-state index in [1.54, 1.807) is 0 Å². The van der Waals surface area contributed by atoms with Crippen molar-refractivity contribution in [2.45, 2.75) is 12.5 Å². The summed E-state index contributed by atoms with van der Waals surface area (Å²) >= 11 is 5.68. The van der Waals surface area contributed by atoms with Crippen molar-refractivity contribution in [3.05, 3.63) is 59.1 Å². The van der Waals surface area contributed by atoms with Crippen LogP contribution in [0, 0.1) is 0 Å². The molecule has 0 aliphatic carbocycles. The normalized spacial score (nSPS) is 12.4. The summed E-state index contributed by atoms with van der Waals surface area (Å²) in [4.78, 5) is 8.08. The fraction of sp³-hybridized carbons (Fsp3) is 0.167. The summed E-state index contributed by atoms with van der Waals surface area (Å²) in [6, 6.07) is 9.44. The second kappa shape index (κ2) is 5.05. The fourth-order valence-electron chi connectivity index (χ4n) is 1.41. The van der Waals surface area contributed by atoms with Gasteiger partial charge in [0.2, 0.25) is 0 Å². The molecule has 1 aromatic carbocycles. The van der Waals surface area contributed by atoms with Crippen LogP contribution in [-0.4, -0.2) is 15.1 Å². The van der Waals surface area contributed by atoms with E-state index >= 15 is 0 Å². The highest BCUT2D eigenvalue weighted by molar-refractivity contribution is 6.30. The summed E-state index contributed by atoms with van der Waals surface area (Å²) in [5.41, 5.74) is 0.862. The molecule has 3 nitrogen and oxygen atoms in total. The largest absolute Gasteiger partial charge is 0.388 e. The van der Waals surface area contributed by atoms with Gasteiger partial charge in [0.25, 0.3) is 0 Å². The molecule has 0 radical (unpaired) electrons. The second-order valence-corrected chi connectivity index (χ2v) is 3.88. The molecule has 1 unspecified atom stereocenters. The van der Waals surface area contributed by atoms with E-state index in [9.17, 15) is 5.11 Å². The van der Waals surface area contributed by atoms with Crippen molar-refractivity contribution in [3.8, 4) is 0 Å². The molecule has 2 rings (SSSR count). The molecule has 0 aliphatic heterocycles. The number of aliphatic hydroxyl groups excluding tert-OH is 1. The second-order valence-electron chi connectivity index (χ2n) is 3.45. The van der Waals surface area contributed by atoms with Crippen LogP contribution in [-0.2, 0) is 6.42 Å². The Balaban J connectivity index is 2.08. The summed E-state index contributed by atoms with van der Waals surface area (Å²) in [6.07, 6.45) is 2.87. The molecule has 1 aromatic heterocycles. The highest BCUT2D eigenvalue weighted by Crippen LogP contribution is 2.16. The summed E-state index contributed by atoms with van der Waals surface area (Å²) < 4.78 is 0. The van der Waals surface area contributed by atoms with Crippen LogP contribution in [0.4, 0.5) is 0 Å². The van der Waals surface area contributed by atoms with Gasteiger partial charge in [0, 0.05) is 18.8 Å². The Bertz CT molecular complexity index is 444. The first kappa shape index (κ1) is 11.0. The lowest BCUT2D eigenvalue weighted by molar-refractivity contribution is 0.176. The summed E-state index contributed by atoms with van der Waals surface area (Å²) in [6.45, 7) is 0. The SMILES string of the molecule is OC(Cc1ncc(Cl)cn1)c1ccccc1. The molecule has 0 fully saturated rings. The lowest BCUT2D eigenvalue weighted by Crippen LogP contribution is -2.04. The maximum atomic E-state index is 9.93. The molecule has 0 amide bonds. The molecule has 1 heterocycles. The number of nitrogens with zero attached hydrogens (tertiary/aromatic N) is 2. The first-order valence-electron chi connectivity index (χ1n) is 4.95. The predicted molar refractivity (Wildman–Crippen MR) is 62.1 cm³/mol. The third-order valence-electron chi connectivity index (χ3n) is 2.23. The molecular formula is C12H11ClN2O. The minimum absolute atomic E-state index is 0.390. The lowest BCUT2D eigenvalue weighted by atomic mass is 10.1. The first-order valence-corrected chi connectivity index (χ1v) is 5.33. The van der Waals surface area contributed by atoms with Crippen LogP contribution in [0.5, 0.6) is 0 Å². The van der Waals surface area contributed by atoms with Gasteiger partial charge in [-0.25, -0.2) is 9.97 Å². The Morgan fingerprint density at radius 2 is 1.75 bits per heavy atom. The van der Waals surface area contributed by atoms with Crippen LogP contribution in [0.2, 0.25) is 5.02 Å². The standard InChI is InChI=1S/C12H11ClN2O/c13-10-7-14-12(15-8-10)6-11(16)9-4-2-1-3-5-9/h1-5,7-8,11,16H,6H2. The number of hydrogen-bond donors (Lipinski definition) is 1. The molecule has 0 spiro atoms. The van der Waals surface area contributed by atoms with Crippen molar-refractivity contribution < 1.29 is 5.11 Å². The molecule has 82 valence electrons. The number of hydrogen-bond acceptors (Lipinski definition) is 3. The van der Waals surface area contributed by atoms with E-state index in [0.717, 1.165) is 5.56 Å². The van der Waals surface area contributed by atoms with Crippen LogP contribution < -0.4 is 0 Å². The van der Waals surface area contributed by atoms with E-state index in [2.05, 4.69) is 9.97 Å². The van der Waals surface area contributed by atoms with E-state index in [4.69, 9.17) is 11.6 Å². The number of halogens is 1. The van der Waals surface area contributed by atoms with Gasteiger partial charge < -0.3 is 5.11 Å². The fourth-order valence-corrected chi connectivity index (χ4v) is 1.51. The van der Waals surface area contributed by atoms with Crippen LogP contribution in [0.1, 0.15) is 17.5 Å². The van der Waals surface area contributed by atoms with E-state index in [-0.39, 0.29) is 0 Å². The average Bonchev–Trinajstić information content (AvgIpc) is 2.33. The molecule has 1 N–H and O–H groups in total. The Morgan fingerprint density at radius 1 is 1.12 bits per heavy atom. The number of aliphatic hydroxyl groups is 1. The molecule has 1 atom stereocenters. The number of benzene rings is 1. The zero-order valence-corrected chi connectivity index (χ0v) is 9.30. The molecule has 0 saturated carbocycles. The topological polar surface area (TPSA) is 46.0 Å². The maximum absolute atomic E-state index is 9.93. The zero-order chi connectivity index (χ0) is 11.4. The average molecular weight is 235 g/mol. The zero-order valence-electron chi connectivity index (χ0n) is 8.55. The van der Waals surface area contributed by atoms with Crippen molar-refractivity contribution in [1.82, 2.24) is 9.97 Å². The highest BCUT2D eigenvalue weighted by atomic mass is 35.5. The van der Waals surface area contributed by atoms with Crippen molar-refractivity contribution in [2.75, 3.05) is 0 Å². The van der Waals surface area contributed by atoms with E-state index in [1.807, 2.05) is 30.3 Å². The molecule has 16 heavy (non-hydrogen) atoms. The summed E-state index contributed by atoms with van der Waals surface area (Å²) in [5, 5.41) is 10.4. The Morgan fingerprint density at radius 3 is 2.38 bits per heavy atom. The third-order valence-corrected chi connectivity index (χ3v) is 2.43. The van der Waals surface area contributed by atoms with Crippen molar-refractivity contribution >= 4 is 11.6 Å². The van der Waals surface area contributed by atoms with Crippen LogP contribution in [0.3, 0.4) is 0 Å². The molecular weight excluding hydrogens is 224 g/mol. The van der Waals surface area contributed by atoms with Crippen molar-refractivity contribution in [2.24, 2.45) is 0 Å². The predicted octanol–water partition coefficient (Wildman–Crippen LogP) is 2.41. The van der Waals surface area contributed by atoms with Gasteiger partial charge in [-0.1, -0.05) is 41.9 Å². The van der Waals surface area contributed by atoms with Crippen LogP contribution in [0.15, 0.2) is 42.7 Å². The monoisotopic (exact) mass is 234 g/mol. The Kier molecular flexibility index (Phi) is 3.49. The first-order chi connectivity index (χ1) is 7.75. The highest BCUT2D eigenvalue weighted by Gasteiger charge is 2.09. The minimum Gasteiger partial charge on any atom is -0.388 e. The molecule has 0 saturated heterocycles. The smallest absolute Gasteiger partial charge is 0.131 e. The molecule has 4 heteroatoms. The Hall–Kier alpha value is -1.45. The quantitative estimate of drug-likeness (QED) is 0.887. The Labute approximate surface area is 98.8 Å². The number of aromatic nitrogens is 2. The van der Waals surface area contributed by atoms with Crippen LogP contribution in [0.25, 0.3) is 0 Å². The van der Waals surface area contributed by atoms with Gasteiger partial charge in [-0.2, -0.15) is 0 Å². The van der Waals surface area contributed by atoms with E-state index < -0.39 is 6.10 Å². The van der Waals surface area contributed by atoms with Gasteiger partial charge in [0.1, 0.15) is 5.82 Å². The van der Waals surface area contributed by atoms with Gasteiger partial charge in [-0.3, -0.25) is 0 Å². The molecule has 0 aliphatic rings. The van der Waals surface area contributed by atoms with Gasteiger partial charge in [0.05, 0.1) is 11.1 Å². The van der Waals surface area contributed by atoms with Crippen molar-refractivity contribution in [1.29, 1.82) is 0 Å². The molecule has 0 bridgehead atoms. The van der Waals surface area contributed by atoms with Gasteiger partial charge >= 0.3 is 0 Å². The van der Waals surface area contributed by atoms with Crippen molar-refractivity contribution in [3.63, 3.8) is 0 Å². The lowest BCUT2D eigenvalue weighted by Gasteiger charge is -2.09. The van der Waals surface area contributed by atoms with Crippen LogP contribution >= 0.6 is 11.6 Å². The van der Waals surface area contributed by atoms with Gasteiger partial charge in [-0.05, 0) is 5.56 Å².